The Morgan fingerprint density at radius 2 is 2.08 bits per heavy atom. The van der Waals surface area contributed by atoms with Crippen molar-refractivity contribution in [3.05, 3.63) is 29.8 Å². The highest BCUT2D eigenvalue weighted by molar-refractivity contribution is 5.93. The van der Waals surface area contributed by atoms with E-state index >= 15 is 0 Å². The van der Waals surface area contributed by atoms with E-state index in [2.05, 4.69) is 15.7 Å². The SMILES string of the molecule is CN=C(NN)Nc1ccccc1C. The second kappa shape index (κ2) is 4.47. The molecule has 0 saturated heterocycles. The molecule has 0 bridgehead atoms. The third kappa shape index (κ3) is 2.45. The van der Waals surface area contributed by atoms with Gasteiger partial charge in [0.15, 0.2) is 0 Å². The molecule has 0 aliphatic rings. The third-order valence-corrected chi connectivity index (χ3v) is 1.76. The van der Waals surface area contributed by atoms with Crippen LogP contribution in [0.5, 0.6) is 0 Å². The predicted octanol–water partition coefficient (Wildman–Crippen LogP) is 0.856. The first kappa shape index (κ1) is 9.54. The molecule has 1 aromatic rings. The molecule has 1 rings (SSSR count). The average Bonchev–Trinajstić information content (AvgIpc) is 2.17. The maximum Gasteiger partial charge on any atom is 0.209 e. The summed E-state index contributed by atoms with van der Waals surface area (Å²) in [6.07, 6.45) is 0. The summed E-state index contributed by atoms with van der Waals surface area (Å²) in [7, 11) is 1.67. The zero-order chi connectivity index (χ0) is 9.68. The zero-order valence-corrected chi connectivity index (χ0v) is 7.83. The molecule has 0 heterocycles. The quantitative estimate of drug-likeness (QED) is 0.258. The van der Waals surface area contributed by atoms with E-state index in [0.717, 1.165) is 11.3 Å². The van der Waals surface area contributed by atoms with Gasteiger partial charge in [0.25, 0.3) is 0 Å². The maximum atomic E-state index is 5.24. The van der Waals surface area contributed by atoms with Gasteiger partial charge in [0.1, 0.15) is 0 Å². The highest BCUT2D eigenvalue weighted by atomic mass is 15.3. The Morgan fingerprint density at radius 3 is 2.62 bits per heavy atom. The number of nitrogens with zero attached hydrogens (tertiary/aromatic N) is 1. The van der Waals surface area contributed by atoms with Gasteiger partial charge in [-0.1, -0.05) is 18.2 Å². The Bertz CT molecular complexity index is 306. The van der Waals surface area contributed by atoms with Crippen LogP contribution in [0, 0.1) is 6.92 Å². The molecule has 0 saturated carbocycles. The molecule has 0 radical (unpaired) electrons. The van der Waals surface area contributed by atoms with Crippen molar-refractivity contribution in [2.45, 2.75) is 6.92 Å². The lowest BCUT2D eigenvalue weighted by Gasteiger charge is -2.09. The fraction of sp³-hybridized carbons (Fsp3) is 0.222. The van der Waals surface area contributed by atoms with Crippen molar-refractivity contribution in [2.75, 3.05) is 12.4 Å². The van der Waals surface area contributed by atoms with Gasteiger partial charge < -0.3 is 5.32 Å². The predicted molar refractivity (Wildman–Crippen MR) is 55.5 cm³/mol. The van der Waals surface area contributed by atoms with E-state index in [1.807, 2.05) is 31.2 Å². The number of aliphatic imine (C=N–C) groups is 1. The van der Waals surface area contributed by atoms with Gasteiger partial charge in [-0.15, -0.1) is 0 Å². The second-order valence-corrected chi connectivity index (χ2v) is 2.66. The minimum absolute atomic E-state index is 0.550. The number of hydrogen-bond acceptors (Lipinski definition) is 2. The van der Waals surface area contributed by atoms with Crippen molar-refractivity contribution in [2.24, 2.45) is 10.8 Å². The smallest absolute Gasteiger partial charge is 0.209 e. The van der Waals surface area contributed by atoms with Crippen LogP contribution in [-0.4, -0.2) is 13.0 Å². The maximum absolute atomic E-state index is 5.24. The monoisotopic (exact) mass is 178 g/mol. The van der Waals surface area contributed by atoms with Gasteiger partial charge in [0, 0.05) is 12.7 Å². The molecule has 13 heavy (non-hydrogen) atoms. The number of para-hydroxylation sites is 1. The van der Waals surface area contributed by atoms with E-state index in [-0.39, 0.29) is 0 Å². The lowest BCUT2D eigenvalue weighted by Crippen LogP contribution is -2.36. The van der Waals surface area contributed by atoms with Crippen molar-refractivity contribution < 1.29 is 0 Å². The molecule has 0 amide bonds. The molecule has 0 fully saturated rings. The first-order valence-corrected chi connectivity index (χ1v) is 4.04. The number of guanidine groups is 1. The summed E-state index contributed by atoms with van der Waals surface area (Å²) in [6, 6.07) is 7.93. The van der Waals surface area contributed by atoms with Crippen LogP contribution in [0.15, 0.2) is 29.3 Å². The second-order valence-electron chi connectivity index (χ2n) is 2.66. The topological polar surface area (TPSA) is 62.4 Å². The Hall–Kier alpha value is -1.55. The van der Waals surface area contributed by atoms with E-state index in [9.17, 15) is 0 Å². The molecule has 0 aromatic heterocycles. The van der Waals surface area contributed by atoms with Crippen molar-refractivity contribution in [3.63, 3.8) is 0 Å². The van der Waals surface area contributed by atoms with Gasteiger partial charge in [-0.3, -0.25) is 10.4 Å². The molecule has 0 aliphatic carbocycles. The van der Waals surface area contributed by atoms with Crippen LogP contribution in [0.2, 0.25) is 0 Å². The van der Waals surface area contributed by atoms with Gasteiger partial charge in [0.2, 0.25) is 5.96 Å². The molecule has 70 valence electrons. The van der Waals surface area contributed by atoms with Crippen LogP contribution in [-0.2, 0) is 0 Å². The van der Waals surface area contributed by atoms with Gasteiger partial charge in [-0.05, 0) is 18.6 Å². The highest BCUT2D eigenvalue weighted by Gasteiger charge is 1.98. The first-order chi connectivity index (χ1) is 6.27. The number of nitrogens with one attached hydrogen (secondary N) is 2. The molecule has 1 aromatic carbocycles. The van der Waals surface area contributed by atoms with E-state index in [4.69, 9.17) is 5.84 Å². The molecule has 0 aliphatic heterocycles. The largest absolute Gasteiger partial charge is 0.325 e. The van der Waals surface area contributed by atoms with Gasteiger partial charge in [-0.25, -0.2) is 5.84 Å². The van der Waals surface area contributed by atoms with Crippen LogP contribution in [0.3, 0.4) is 0 Å². The summed E-state index contributed by atoms with van der Waals surface area (Å²) >= 11 is 0. The van der Waals surface area contributed by atoms with E-state index in [1.165, 1.54) is 0 Å². The number of aryl methyl sites for hydroxylation is 1. The number of nitrogens with two attached hydrogens (primary N) is 1. The van der Waals surface area contributed by atoms with E-state index in [1.54, 1.807) is 7.05 Å². The van der Waals surface area contributed by atoms with Crippen LogP contribution in [0.1, 0.15) is 5.56 Å². The number of benzene rings is 1. The normalized spacial score (nSPS) is 11.2. The van der Waals surface area contributed by atoms with Crippen molar-refractivity contribution in [1.82, 2.24) is 5.43 Å². The highest BCUT2D eigenvalue weighted by Crippen LogP contribution is 2.12. The van der Waals surface area contributed by atoms with Crippen LogP contribution < -0.4 is 16.6 Å². The van der Waals surface area contributed by atoms with E-state index in [0.29, 0.717) is 5.96 Å². The number of hydrogen-bond donors (Lipinski definition) is 3. The summed E-state index contributed by atoms with van der Waals surface area (Å²) in [5, 5.41) is 3.06. The number of hydrazine groups is 1. The van der Waals surface area contributed by atoms with Gasteiger partial charge >= 0.3 is 0 Å². The summed E-state index contributed by atoms with van der Waals surface area (Å²) in [5.74, 6) is 5.79. The molecule has 4 N–H and O–H groups in total. The van der Waals surface area contributed by atoms with Gasteiger partial charge in [0.05, 0.1) is 0 Å². The standard InChI is InChI=1S/C9H14N4/c1-7-5-3-4-6-8(7)12-9(11-2)13-10/h3-6H,10H2,1-2H3,(H2,11,12,13). The Morgan fingerprint density at radius 1 is 1.38 bits per heavy atom. The first-order valence-electron chi connectivity index (χ1n) is 4.04. The Balaban J connectivity index is 2.80. The minimum atomic E-state index is 0.550. The van der Waals surface area contributed by atoms with Crippen molar-refractivity contribution in [3.8, 4) is 0 Å². The Kier molecular flexibility index (Phi) is 3.28. The molecule has 0 atom stereocenters. The zero-order valence-electron chi connectivity index (χ0n) is 7.83. The van der Waals surface area contributed by atoms with Crippen molar-refractivity contribution in [1.29, 1.82) is 0 Å². The fourth-order valence-corrected chi connectivity index (χ4v) is 0.997. The summed E-state index contributed by atoms with van der Waals surface area (Å²) < 4.78 is 0. The van der Waals surface area contributed by atoms with Crippen molar-refractivity contribution >= 4 is 11.6 Å². The summed E-state index contributed by atoms with van der Waals surface area (Å²) in [6.45, 7) is 2.02. The molecule has 4 heteroatoms. The number of rotatable bonds is 1. The minimum Gasteiger partial charge on any atom is -0.325 e. The average molecular weight is 178 g/mol. The molecular weight excluding hydrogens is 164 g/mol. The lowest BCUT2D eigenvalue weighted by atomic mass is 10.2. The van der Waals surface area contributed by atoms with E-state index < -0.39 is 0 Å². The molecule has 0 spiro atoms. The number of anilines is 1. The summed E-state index contributed by atoms with van der Waals surface area (Å²) in [5.41, 5.74) is 4.62. The van der Waals surface area contributed by atoms with Crippen LogP contribution in [0.25, 0.3) is 0 Å². The molecule has 0 unspecified atom stereocenters. The summed E-state index contributed by atoms with van der Waals surface area (Å²) in [4.78, 5) is 3.91. The Labute approximate surface area is 77.8 Å². The molecule has 4 nitrogen and oxygen atoms in total. The van der Waals surface area contributed by atoms with Gasteiger partial charge in [-0.2, -0.15) is 0 Å². The third-order valence-electron chi connectivity index (χ3n) is 1.76. The fourth-order valence-electron chi connectivity index (χ4n) is 0.997. The molecular formula is C9H14N4. The van der Waals surface area contributed by atoms with Crippen LogP contribution in [0.4, 0.5) is 5.69 Å². The lowest BCUT2D eigenvalue weighted by molar-refractivity contribution is 1.01. The van der Waals surface area contributed by atoms with Crippen LogP contribution >= 0.6 is 0 Å².